The molecule has 8 aromatic heterocycles. The molecule has 3 aliphatic rings. The van der Waals surface area contributed by atoms with Gasteiger partial charge in [-0.1, -0.05) is 436 Å². The van der Waals surface area contributed by atoms with Crippen molar-refractivity contribution in [3.05, 3.63) is 507 Å². The molecule has 700 valence electrons. The molecule has 0 unspecified atom stereocenters. The minimum absolute atomic E-state index is 0.182. The van der Waals surface area contributed by atoms with Gasteiger partial charge in [0.25, 0.3) is 0 Å². The molecule has 8 nitrogen and oxygen atoms in total. The van der Waals surface area contributed by atoms with E-state index in [1.807, 2.05) is 30.6 Å². The Balaban J connectivity index is 0.000000108. The zero-order valence-electron chi connectivity index (χ0n) is 83.1. The fourth-order valence-corrected chi connectivity index (χ4v) is 24.5. The van der Waals surface area contributed by atoms with Crippen LogP contribution in [0, 0.1) is 0 Å². The second-order valence-electron chi connectivity index (χ2n) is 41.4. The van der Waals surface area contributed by atoms with Gasteiger partial charge in [0.2, 0.25) is 0 Å². The number of benzene rings is 19. The van der Waals surface area contributed by atoms with Gasteiger partial charge in [0.15, 0.2) is 0 Å². The quantitative estimate of drug-likeness (QED) is 0.125. The molecule has 149 heavy (non-hydrogen) atoms. The molecule has 0 radical (unpaired) electrons. The summed E-state index contributed by atoms with van der Waals surface area (Å²) in [4.78, 5) is 40.9. The van der Waals surface area contributed by atoms with Crippen molar-refractivity contribution >= 4 is 120 Å². The third-order valence-electron chi connectivity index (χ3n) is 31.7. The number of hydrogen-bond acceptors (Lipinski definition) is 8. The smallest absolute Gasteiger partial charge is 0.0972 e. The third kappa shape index (κ3) is 14.5. The van der Waals surface area contributed by atoms with Crippen molar-refractivity contribution in [2.45, 2.75) is 57.8 Å². The predicted molar refractivity (Wildman–Crippen MR) is 621 cm³/mol. The molecule has 0 bridgehead atoms. The Hall–Kier alpha value is -18.8. The number of hydrogen-bond donors (Lipinski definition) is 0. The van der Waals surface area contributed by atoms with Crippen LogP contribution in [0.2, 0.25) is 0 Å². The monoisotopic (exact) mass is 1900 g/mol. The van der Waals surface area contributed by atoms with E-state index in [1.54, 1.807) is 0 Å². The minimum atomic E-state index is -0.205. The molecule has 19 aromatic carbocycles. The van der Waals surface area contributed by atoms with Crippen LogP contribution in [0.25, 0.3) is 265 Å². The predicted octanol–water partition coefficient (Wildman–Crippen LogP) is 36.5. The fraction of sp³-hybridized carbons (Fsp3) is 0.0638. The highest BCUT2D eigenvalue weighted by atomic mass is 14.8. The van der Waals surface area contributed by atoms with E-state index in [0.717, 1.165) is 144 Å². The van der Waals surface area contributed by atoms with Crippen molar-refractivity contribution in [2.75, 3.05) is 0 Å². The first-order valence-electron chi connectivity index (χ1n) is 51.4. The Bertz CT molecular complexity index is 10200. The van der Waals surface area contributed by atoms with Crippen LogP contribution in [-0.4, -0.2) is 39.9 Å². The molecule has 0 amide bonds. The van der Waals surface area contributed by atoms with Crippen LogP contribution in [0.1, 0.15) is 74.9 Å². The Morgan fingerprint density at radius 2 is 0.436 bits per heavy atom. The summed E-state index contributed by atoms with van der Waals surface area (Å²) in [5.41, 5.74) is 45.0. The average molecular weight is 1900 g/mol. The largest absolute Gasteiger partial charge is 0.256 e. The van der Waals surface area contributed by atoms with Crippen molar-refractivity contribution in [1.29, 1.82) is 0 Å². The summed E-state index contributed by atoms with van der Waals surface area (Å²) in [6, 6.07) is 165. The average Bonchev–Trinajstić information content (AvgIpc) is 1.56. The standard InChI is InChI=1S/C52H35N3.C46H31N3.C43H30N2/c1-52(2)42-18-9-8-17-41(42)51-48(52)46(47-40-16-7-6-11-33(40)25-30-45(47)55-51)35-21-19-32(20-22-35)38-14-10-15-39(31-38)44-29-27-37-24-23-36-26-28-43(34-12-4-3-5-13-34)53-49(36)50(37)54-44;1-46(2)37-15-6-5-14-36(37)45-42(46)40(41-35-13-4-3-9-29(35)22-25-39(41)49-45)30-18-16-28(17-19-30)33-10-7-11-34(27-33)38-24-23-32-21-20-31-12-8-26-47-43(31)44(32)48-38;1-43(2)36-18-6-5-16-35(36)42-40(43)38(39-33-15-4-3-10-28(33)23-24-37(39)45-42)29-21-19-27(20-22-29)31-12-7-13-32(26-31)34-17-8-11-30-14-9-25-44-41(30)34/h3-31H,1-2H3;3-27H,1-2H3;3-26H,1-2H3. The number of pyridine rings is 8. The van der Waals surface area contributed by atoms with Gasteiger partial charge in [0.05, 0.1) is 78.3 Å². The molecule has 27 aromatic rings. The van der Waals surface area contributed by atoms with Crippen molar-refractivity contribution in [1.82, 2.24) is 39.9 Å². The number of nitrogens with zero attached hydrogens (tertiary/aromatic N) is 8. The summed E-state index contributed by atoms with van der Waals surface area (Å²) in [6.45, 7) is 14.1. The molecule has 0 saturated heterocycles. The molecule has 0 aliphatic heterocycles. The van der Waals surface area contributed by atoms with E-state index in [4.69, 9.17) is 34.9 Å². The van der Waals surface area contributed by atoms with Gasteiger partial charge in [-0.25, -0.2) is 29.9 Å². The van der Waals surface area contributed by atoms with Crippen molar-refractivity contribution in [3.63, 3.8) is 0 Å². The molecule has 30 rings (SSSR count). The molecular weight excluding hydrogens is 1810 g/mol. The molecule has 0 fully saturated rings. The summed E-state index contributed by atoms with van der Waals surface area (Å²) in [6.07, 6.45) is 3.71. The first-order chi connectivity index (χ1) is 73.1. The van der Waals surface area contributed by atoms with Gasteiger partial charge in [0.1, 0.15) is 0 Å². The van der Waals surface area contributed by atoms with Gasteiger partial charge in [-0.3, -0.25) is 9.97 Å². The number of rotatable bonds is 10. The summed E-state index contributed by atoms with van der Waals surface area (Å²) >= 11 is 0. The molecule has 0 spiro atoms. The molecule has 8 heterocycles. The SMILES string of the molecule is CC1(C)c2ccccc2-c2nc3ccc4ccccc4c3c(-c3ccc(-c4cccc(-c5ccc6ccc7ccc(-c8ccccc8)nc7c6n5)c4)cc3)c21.CC1(C)c2ccccc2-c2nc3ccc4ccccc4c3c(-c3ccc(-c4cccc(-c5ccc6ccc7cccnc7c6n5)c4)cc3)c21.CC1(C)c2ccccc2-c2nc3ccc4ccccc4c3c(-c3ccc(-c4cccc(-c5cccc6cccnc56)c4)cc3)c21. The van der Waals surface area contributed by atoms with Crippen LogP contribution in [-0.2, 0) is 16.2 Å². The summed E-state index contributed by atoms with van der Waals surface area (Å²) in [5.74, 6) is 0. The lowest BCUT2D eigenvalue weighted by molar-refractivity contribution is 0.661. The van der Waals surface area contributed by atoms with Crippen LogP contribution in [0.4, 0.5) is 0 Å². The van der Waals surface area contributed by atoms with Crippen molar-refractivity contribution < 1.29 is 0 Å². The van der Waals surface area contributed by atoms with Crippen LogP contribution >= 0.6 is 0 Å². The van der Waals surface area contributed by atoms with Crippen molar-refractivity contribution in [3.8, 4) is 145 Å². The van der Waals surface area contributed by atoms with E-state index in [9.17, 15) is 0 Å². The van der Waals surface area contributed by atoms with E-state index < -0.39 is 0 Å². The number of aromatic nitrogens is 8. The maximum atomic E-state index is 5.38. The third-order valence-corrected chi connectivity index (χ3v) is 31.7. The number of fused-ring (bicyclic) bond motifs is 25. The molecule has 0 atom stereocenters. The van der Waals surface area contributed by atoms with Crippen LogP contribution in [0.3, 0.4) is 0 Å². The lowest BCUT2D eigenvalue weighted by atomic mass is 9.78. The van der Waals surface area contributed by atoms with Crippen LogP contribution in [0.5, 0.6) is 0 Å². The Kier molecular flexibility index (Phi) is 20.5. The summed E-state index contributed by atoms with van der Waals surface area (Å²) < 4.78 is 0. The zero-order valence-corrected chi connectivity index (χ0v) is 83.1. The molecule has 0 N–H and O–H groups in total. The Morgan fingerprint density at radius 3 is 0.839 bits per heavy atom. The van der Waals surface area contributed by atoms with Gasteiger partial charge < -0.3 is 0 Å². The van der Waals surface area contributed by atoms with Crippen LogP contribution in [0.15, 0.2) is 473 Å². The Morgan fingerprint density at radius 1 is 0.168 bits per heavy atom. The fourth-order valence-electron chi connectivity index (χ4n) is 24.5. The molecular formula is C141H96N8. The van der Waals surface area contributed by atoms with E-state index in [2.05, 4.69) is 489 Å². The highest BCUT2D eigenvalue weighted by molar-refractivity contribution is 6.20. The van der Waals surface area contributed by atoms with E-state index in [0.29, 0.717) is 0 Å². The molecule has 0 saturated carbocycles. The maximum Gasteiger partial charge on any atom is 0.0972 e. The highest BCUT2D eigenvalue weighted by Gasteiger charge is 2.44. The second-order valence-corrected chi connectivity index (χ2v) is 41.4. The van der Waals surface area contributed by atoms with E-state index in [1.165, 1.54) is 154 Å². The molecule has 3 aliphatic carbocycles. The summed E-state index contributed by atoms with van der Waals surface area (Å²) in [7, 11) is 0. The van der Waals surface area contributed by atoms with Gasteiger partial charge in [-0.05, 0) is 205 Å². The van der Waals surface area contributed by atoms with Gasteiger partial charge >= 0.3 is 0 Å². The van der Waals surface area contributed by atoms with Crippen LogP contribution < -0.4 is 0 Å². The topological polar surface area (TPSA) is 103 Å². The zero-order chi connectivity index (χ0) is 99.5. The lowest BCUT2D eigenvalue weighted by Crippen LogP contribution is -2.16. The minimum Gasteiger partial charge on any atom is -0.256 e. The first-order valence-corrected chi connectivity index (χ1v) is 51.4. The Labute approximate surface area is 863 Å². The first kappa shape index (κ1) is 88.0. The maximum absolute atomic E-state index is 5.38. The normalized spacial score (nSPS) is 13.2. The lowest BCUT2D eigenvalue weighted by Gasteiger charge is -2.25. The van der Waals surface area contributed by atoms with Gasteiger partial charge in [0, 0.05) is 111 Å². The number of para-hydroxylation sites is 1. The summed E-state index contributed by atoms with van der Waals surface area (Å²) in [5, 5.41) is 16.6. The van der Waals surface area contributed by atoms with E-state index in [-0.39, 0.29) is 16.2 Å². The van der Waals surface area contributed by atoms with Gasteiger partial charge in [-0.15, -0.1) is 0 Å². The van der Waals surface area contributed by atoms with Crippen molar-refractivity contribution in [2.24, 2.45) is 0 Å². The second kappa shape index (κ2) is 34.8. The highest BCUT2D eigenvalue weighted by Crippen LogP contribution is 2.59. The van der Waals surface area contributed by atoms with E-state index >= 15 is 0 Å². The molecule has 8 heteroatoms. The van der Waals surface area contributed by atoms with Gasteiger partial charge in [-0.2, -0.15) is 0 Å².